The van der Waals surface area contributed by atoms with Gasteiger partial charge in [-0.2, -0.15) is 5.10 Å². The zero-order valence-corrected chi connectivity index (χ0v) is 15.7. The van der Waals surface area contributed by atoms with Gasteiger partial charge in [-0.15, -0.1) is 0 Å². The van der Waals surface area contributed by atoms with Crippen molar-refractivity contribution < 1.29 is 4.79 Å². The average molecular weight is 394 g/mol. The van der Waals surface area contributed by atoms with Gasteiger partial charge in [-0.1, -0.05) is 35.9 Å². The highest BCUT2D eigenvalue weighted by molar-refractivity contribution is 6.30. The number of hydrogen-bond acceptors (Lipinski definition) is 4. The van der Waals surface area contributed by atoms with Crippen LogP contribution in [-0.4, -0.2) is 32.3 Å². The summed E-state index contributed by atoms with van der Waals surface area (Å²) in [5, 5.41) is 5.15. The van der Waals surface area contributed by atoms with Gasteiger partial charge in [0.05, 0.1) is 11.9 Å². The summed E-state index contributed by atoms with van der Waals surface area (Å²) in [7, 11) is 1.67. The van der Waals surface area contributed by atoms with Gasteiger partial charge in [-0.3, -0.25) is 14.2 Å². The lowest BCUT2D eigenvalue weighted by atomic mass is 10.3. The molecule has 0 N–H and O–H groups in total. The van der Waals surface area contributed by atoms with E-state index in [1.54, 1.807) is 29.9 Å². The summed E-state index contributed by atoms with van der Waals surface area (Å²) in [6, 6.07) is 16.3. The highest BCUT2D eigenvalue weighted by atomic mass is 35.5. The Hall–Kier alpha value is -3.45. The van der Waals surface area contributed by atoms with Crippen molar-refractivity contribution in [1.82, 2.24) is 19.3 Å². The van der Waals surface area contributed by atoms with Crippen molar-refractivity contribution in [2.75, 3.05) is 11.9 Å². The van der Waals surface area contributed by atoms with E-state index >= 15 is 0 Å². The van der Waals surface area contributed by atoms with Gasteiger partial charge in [0.25, 0.3) is 5.56 Å². The molecular weight excluding hydrogens is 378 g/mol. The number of amides is 1. The van der Waals surface area contributed by atoms with Crippen LogP contribution >= 0.6 is 11.6 Å². The molecule has 4 rings (SSSR count). The maximum Gasteiger partial charge on any atom is 0.264 e. The van der Waals surface area contributed by atoms with E-state index < -0.39 is 0 Å². The Morgan fingerprint density at radius 3 is 2.68 bits per heavy atom. The van der Waals surface area contributed by atoms with Gasteiger partial charge in [0.15, 0.2) is 5.65 Å². The molecule has 2 aromatic heterocycles. The Labute approximate surface area is 165 Å². The molecule has 2 heterocycles. The van der Waals surface area contributed by atoms with Crippen LogP contribution in [0.5, 0.6) is 0 Å². The predicted molar refractivity (Wildman–Crippen MR) is 108 cm³/mol. The number of carbonyl (C=O) groups excluding carboxylic acids is 1. The predicted octanol–water partition coefficient (Wildman–Crippen LogP) is 2.90. The van der Waals surface area contributed by atoms with E-state index in [-0.39, 0.29) is 18.0 Å². The highest BCUT2D eigenvalue weighted by Crippen LogP contribution is 2.17. The van der Waals surface area contributed by atoms with E-state index in [1.165, 1.54) is 22.0 Å². The fourth-order valence-electron chi connectivity index (χ4n) is 2.91. The van der Waals surface area contributed by atoms with Crippen LogP contribution in [0, 0.1) is 0 Å². The first-order valence-electron chi connectivity index (χ1n) is 8.55. The van der Waals surface area contributed by atoms with Crippen LogP contribution in [0.3, 0.4) is 0 Å². The number of carbonyl (C=O) groups is 1. The topological polar surface area (TPSA) is 73.0 Å². The third kappa shape index (κ3) is 3.27. The lowest BCUT2D eigenvalue weighted by Crippen LogP contribution is -2.34. The quantitative estimate of drug-likeness (QED) is 0.534. The maximum atomic E-state index is 12.8. The number of fused-ring (bicyclic) bond motifs is 1. The normalized spacial score (nSPS) is 10.9. The molecule has 0 aliphatic rings. The van der Waals surface area contributed by atoms with Crippen LogP contribution < -0.4 is 10.5 Å². The van der Waals surface area contributed by atoms with Crippen LogP contribution in [0.4, 0.5) is 5.69 Å². The fourth-order valence-corrected chi connectivity index (χ4v) is 3.09. The zero-order valence-electron chi connectivity index (χ0n) is 15.0. The highest BCUT2D eigenvalue weighted by Gasteiger charge is 2.16. The first kappa shape index (κ1) is 17.9. The molecule has 0 fully saturated rings. The second-order valence-electron chi connectivity index (χ2n) is 6.24. The fraction of sp³-hybridized carbons (Fsp3) is 0.100. The van der Waals surface area contributed by atoms with Crippen molar-refractivity contribution in [3.05, 3.63) is 82.5 Å². The lowest BCUT2D eigenvalue weighted by molar-refractivity contribution is -0.118. The second kappa shape index (κ2) is 7.28. The molecule has 0 aliphatic carbocycles. The number of aromatic nitrogens is 4. The molecule has 7 nitrogen and oxygen atoms in total. The number of likely N-dealkylation sites (N-methyl/N-ethyl adjacent to an activating group) is 1. The van der Waals surface area contributed by atoms with E-state index in [1.807, 2.05) is 36.4 Å². The number of para-hydroxylation sites is 1. The summed E-state index contributed by atoms with van der Waals surface area (Å²) in [6.07, 6.45) is 2.82. The Bertz CT molecular complexity index is 1220. The molecule has 1 amide bonds. The lowest BCUT2D eigenvalue weighted by Gasteiger charge is -2.17. The molecule has 28 heavy (non-hydrogen) atoms. The van der Waals surface area contributed by atoms with Gasteiger partial charge >= 0.3 is 0 Å². The molecule has 0 atom stereocenters. The minimum atomic E-state index is -0.326. The number of benzene rings is 2. The second-order valence-corrected chi connectivity index (χ2v) is 6.68. The Balaban J connectivity index is 1.66. The molecule has 4 aromatic rings. The number of nitrogens with zero attached hydrogens (tertiary/aromatic N) is 5. The average Bonchev–Trinajstić information content (AvgIpc) is 3.15. The van der Waals surface area contributed by atoms with Gasteiger partial charge in [0, 0.05) is 17.8 Å². The van der Waals surface area contributed by atoms with Crippen molar-refractivity contribution in [2.24, 2.45) is 0 Å². The summed E-state index contributed by atoms with van der Waals surface area (Å²) in [6.45, 7) is -0.116. The standard InChI is InChI=1S/C20H16ClN5O2/c1-24(15-7-3-2-4-8-15)18(27)12-25-13-22-19-17(20(25)28)11-23-26(19)16-9-5-6-14(21)10-16/h2-11,13H,12H2,1H3. The molecule has 0 radical (unpaired) electrons. The molecule has 8 heteroatoms. The summed E-state index contributed by atoms with van der Waals surface area (Å²) in [4.78, 5) is 31.2. The summed E-state index contributed by atoms with van der Waals surface area (Å²) in [5.74, 6) is -0.225. The molecule has 0 saturated heterocycles. The van der Waals surface area contributed by atoms with E-state index in [2.05, 4.69) is 10.1 Å². The Morgan fingerprint density at radius 2 is 1.93 bits per heavy atom. The molecular formula is C20H16ClN5O2. The summed E-state index contributed by atoms with van der Waals surface area (Å²) in [5.41, 5.74) is 1.54. The first-order valence-corrected chi connectivity index (χ1v) is 8.93. The van der Waals surface area contributed by atoms with Crippen LogP contribution in [0.1, 0.15) is 0 Å². The monoisotopic (exact) mass is 393 g/mol. The van der Waals surface area contributed by atoms with Crippen LogP contribution in [0.15, 0.2) is 71.9 Å². The molecule has 0 saturated carbocycles. The van der Waals surface area contributed by atoms with E-state index in [0.717, 1.165) is 5.69 Å². The summed E-state index contributed by atoms with van der Waals surface area (Å²) < 4.78 is 2.83. The van der Waals surface area contributed by atoms with E-state index in [9.17, 15) is 9.59 Å². The third-order valence-electron chi connectivity index (χ3n) is 4.43. The van der Waals surface area contributed by atoms with Crippen LogP contribution in [-0.2, 0) is 11.3 Å². The number of rotatable bonds is 4. The largest absolute Gasteiger partial charge is 0.314 e. The number of anilines is 1. The van der Waals surface area contributed by atoms with E-state index in [4.69, 9.17) is 11.6 Å². The van der Waals surface area contributed by atoms with Gasteiger partial charge in [0.1, 0.15) is 18.3 Å². The Morgan fingerprint density at radius 1 is 1.14 bits per heavy atom. The van der Waals surface area contributed by atoms with Crippen molar-refractivity contribution in [3.8, 4) is 5.69 Å². The number of halogens is 1. The van der Waals surface area contributed by atoms with Gasteiger partial charge < -0.3 is 4.90 Å². The smallest absolute Gasteiger partial charge is 0.264 e. The maximum absolute atomic E-state index is 12.8. The van der Waals surface area contributed by atoms with Gasteiger partial charge in [-0.05, 0) is 30.3 Å². The molecule has 140 valence electrons. The molecule has 0 unspecified atom stereocenters. The van der Waals surface area contributed by atoms with Crippen molar-refractivity contribution >= 4 is 34.2 Å². The third-order valence-corrected chi connectivity index (χ3v) is 4.67. The minimum Gasteiger partial charge on any atom is -0.314 e. The van der Waals surface area contributed by atoms with Gasteiger partial charge in [-0.25, -0.2) is 9.67 Å². The zero-order chi connectivity index (χ0) is 19.7. The summed E-state index contributed by atoms with van der Waals surface area (Å²) >= 11 is 6.04. The molecule has 0 bridgehead atoms. The number of hydrogen-bond donors (Lipinski definition) is 0. The van der Waals surface area contributed by atoms with Gasteiger partial charge in [0.2, 0.25) is 5.91 Å². The molecule has 0 aliphatic heterocycles. The molecule has 2 aromatic carbocycles. The van der Waals surface area contributed by atoms with Crippen molar-refractivity contribution in [3.63, 3.8) is 0 Å². The minimum absolute atomic E-state index is 0.116. The van der Waals surface area contributed by atoms with E-state index in [0.29, 0.717) is 21.7 Å². The SMILES string of the molecule is CN(C(=O)Cn1cnc2c(cnn2-c2cccc(Cl)c2)c1=O)c1ccccc1. The first-order chi connectivity index (χ1) is 13.5. The van der Waals surface area contributed by atoms with Crippen LogP contribution in [0.25, 0.3) is 16.7 Å². The van der Waals surface area contributed by atoms with Crippen molar-refractivity contribution in [1.29, 1.82) is 0 Å². The Kier molecular flexibility index (Phi) is 4.67. The van der Waals surface area contributed by atoms with Crippen LogP contribution in [0.2, 0.25) is 5.02 Å². The van der Waals surface area contributed by atoms with Crippen molar-refractivity contribution in [2.45, 2.75) is 6.54 Å². The molecule has 0 spiro atoms.